The Bertz CT molecular complexity index is 627. The molecular formula is C10H5BrN2O2. The van der Waals surface area contributed by atoms with Crippen LogP contribution < -0.4 is 5.63 Å². The molecule has 0 bridgehead atoms. The zero-order valence-corrected chi connectivity index (χ0v) is 9.06. The van der Waals surface area contributed by atoms with Crippen molar-refractivity contribution in [1.29, 1.82) is 0 Å². The highest BCUT2D eigenvalue weighted by molar-refractivity contribution is 9.10. The van der Waals surface area contributed by atoms with Crippen LogP contribution in [0.1, 0.15) is 5.56 Å². The van der Waals surface area contributed by atoms with E-state index >= 15 is 0 Å². The van der Waals surface area contributed by atoms with E-state index in [9.17, 15) is 4.79 Å². The summed E-state index contributed by atoms with van der Waals surface area (Å²) in [6, 6.07) is 6.50. The third-order valence-electron chi connectivity index (χ3n) is 1.93. The molecule has 1 heterocycles. The Kier molecular flexibility index (Phi) is 2.49. The number of hydrogen-bond acceptors (Lipinski definition) is 2. The molecule has 1 aromatic heterocycles. The van der Waals surface area contributed by atoms with Gasteiger partial charge in [-0.1, -0.05) is 15.9 Å². The van der Waals surface area contributed by atoms with Crippen LogP contribution in [0, 0.1) is 0 Å². The molecule has 0 spiro atoms. The SMILES string of the molecule is [N-]=[N+]=Cc1cc(=O)oc2ccc(Br)cc12. The van der Waals surface area contributed by atoms with Crippen molar-refractivity contribution in [2.75, 3.05) is 0 Å². The molecule has 0 aliphatic carbocycles. The molecule has 5 heteroatoms. The van der Waals surface area contributed by atoms with Gasteiger partial charge in [-0.15, -0.1) is 0 Å². The molecule has 0 atom stereocenters. The fourth-order valence-corrected chi connectivity index (χ4v) is 1.69. The van der Waals surface area contributed by atoms with E-state index in [2.05, 4.69) is 20.7 Å². The zero-order valence-electron chi connectivity index (χ0n) is 7.48. The maximum Gasteiger partial charge on any atom is 0.337 e. The van der Waals surface area contributed by atoms with Gasteiger partial charge >= 0.3 is 5.63 Å². The van der Waals surface area contributed by atoms with Crippen LogP contribution in [0.4, 0.5) is 0 Å². The van der Waals surface area contributed by atoms with E-state index in [1.54, 1.807) is 18.2 Å². The Hall–Kier alpha value is -1.71. The fourth-order valence-electron chi connectivity index (χ4n) is 1.33. The number of halogens is 1. The van der Waals surface area contributed by atoms with Crippen LogP contribution in [0.2, 0.25) is 0 Å². The largest absolute Gasteiger partial charge is 0.423 e. The zero-order chi connectivity index (χ0) is 10.8. The van der Waals surface area contributed by atoms with Crippen molar-refractivity contribution in [1.82, 2.24) is 0 Å². The second-order valence-electron chi connectivity index (χ2n) is 2.91. The Morgan fingerprint density at radius 1 is 1.40 bits per heavy atom. The first-order valence-corrected chi connectivity index (χ1v) is 4.91. The van der Waals surface area contributed by atoms with Gasteiger partial charge in [0.2, 0.25) is 0 Å². The van der Waals surface area contributed by atoms with Gasteiger partial charge in [0.1, 0.15) is 5.58 Å². The molecule has 74 valence electrons. The minimum Gasteiger partial charge on any atom is -0.423 e. The summed E-state index contributed by atoms with van der Waals surface area (Å²) in [5.74, 6) is 0. The maximum atomic E-state index is 11.1. The topological polar surface area (TPSA) is 66.6 Å². The van der Waals surface area contributed by atoms with Gasteiger partial charge in [0.25, 0.3) is 6.21 Å². The lowest BCUT2D eigenvalue weighted by Crippen LogP contribution is -2.00. The van der Waals surface area contributed by atoms with Crippen LogP contribution in [0.15, 0.2) is 37.9 Å². The predicted molar refractivity (Wildman–Crippen MR) is 59.0 cm³/mol. The first-order chi connectivity index (χ1) is 7.20. The average molecular weight is 265 g/mol. The van der Waals surface area contributed by atoms with Crippen molar-refractivity contribution >= 4 is 33.1 Å². The first-order valence-electron chi connectivity index (χ1n) is 4.11. The molecule has 0 N–H and O–H groups in total. The molecule has 0 fully saturated rings. The highest BCUT2D eigenvalue weighted by Crippen LogP contribution is 2.20. The monoisotopic (exact) mass is 264 g/mol. The van der Waals surface area contributed by atoms with E-state index < -0.39 is 5.63 Å². The quantitative estimate of drug-likeness (QED) is 0.343. The molecule has 0 radical (unpaired) electrons. The first kappa shape index (κ1) is 9.83. The minimum atomic E-state index is -0.472. The summed E-state index contributed by atoms with van der Waals surface area (Å²) in [7, 11) is 0. The van der Waals surface area contributed by atoms with E-state index in [0.717, 1.165) is 4.47 Å². The molecule has 15 heavy (non-hydrogen) atoms. The van der Waals surface area contributed by atoms with E-state index in [1.807, 2.05) is 0 Å². The van der Waals surface area contributed by atoms with Gasteiger partial charge in [-0.25, -0.2) is 4.79 Å². The summed E-state index contributed by atoms with van der Waals surface area (Å²) in [5.41, 5.74) is 8.97. The summed E-state index contributed by atoms with van der Waals surface area (Å²) in [6.45, 7) is 0. The third kappa shape index (κ3) is 1.88. The highest BCUT2D eigenvalue weighted by Gasteiger charge is 2.06. The fraction of sp³-hybridized carbons (Fsp3) is 0. The van der Waals surface area contributed by atoms with Gasteiger partial charge in [0.05, 0.1) is 5.56 Å². The van der Waals surface area contributed by atoms with Crippen molar-refractivity contribution < 1.29 is 9.21 Å². The number of hydrogen-bond donors (Lipinski definition) is 0. The summed E-state index contributed by atoms with van der Waals surface area (Å²) in [6.07, 6.45) is 1.20. The van der Waals surface area contributed by atoms with Crippen LogP contribution >= 0.6 is 15.9 Å². The van der Waals surface area contributed by atoms with Crippen molar-refractivity contribution in [2.45, 2.75) is 0 Å². The molecule has 2 aromatic rings. The molecule has 0 amide bonds. The number of fused-ring (bicyclic) bond motifs is 1. The van der Waals surface area contributed by atoms with Crippen LogP contribution in [0.3, 0.4) is 0 Å². The lowest BCUT2D eigenvalue weighted by Gasteiger charge is -1.97. The van der Waals surface area contributed by atoms with Gasteiger partial charge in [-0.05, 0) is 18.2 Å². The lowest BCUT2D eigenvalue weighted by atomic mass is 10.1. The Morgan fingerprint density at radius 2 is 2.20 bits per heavy atom. The van der Waals surface area contributed by atoms with Crippen LogP contribution in [-0.4, -0.2) is 11.0 Å². The van der Waals surface area contributed by atoms with Crippen LogP contribution in [0.5, 0.6) is 0 Å². The summed E-state index contributed by atoms with van der Waals surface area (Å²) in [5, 5.41) is 0.710. The van der Waals surface area contributed by atoms with Crippen LogP contribution in [0.25, 0.3) is 16.5 Å². The molecule has 0 unspecified atom stereocenters. The van der Waals surface area contributed by atoms with Crippen molar-refractivity contribution in [3.05, 3.63) is 50.3 Å². The molecule has 2 rings (SSSR count). The van der Waals surface area contributed by atoms with Gasteiger partial charge in [-0.3, -0.25) is 0 Å². The Labute approximate surface area is 92.9 Å². The Morgan fingerprint density at radius 3 is 2.93 bits per heavy atom. The van der Waals surface area contributed by atoms with Crippen LogP contribution in [-0.2, 0) is 0 Å². The molecule has 0 aliphatic rings. The van der Waals surface area contributed by atoms with Gasteiger partial charge < -0.3 is 9.95 Å². The van der Waals surface area contributed by atoms with E-state index in [4.69, 9.17) is 9.95 Å². The van der Waals surface area contributed by atoms with Gasteiger partial charge in [-0.2, -0.15) is 4.79 Å². The molecule has 0 saturated carbocycles. The van der Waals surface area contributed by atoms with Crippen molar-refractivity contribution in [3.8, 4) is 0 Å². The molecule has 0 aliphatic heterocycles. The molecule has 1 aromatic carbocycles. The number of rotatable bonds is 1. The normalized spacial score (nSPS) is 9.93. The van der Waals surface area contributed by atoms with Gasteiger partial charge in [0.15, 0.2) is 0 Å². The molecular weight excluding hydrogens is 260 g/mol. The third-order valence-corrected chi connectivity index (χ3v) is 2.43. The Balaban J connectivity index is 2.93. The number of benzene rings is 1. The maximum absolute atomic E-state index is 11.1. The highest BCUT2D eigenvalue weighted by atomic mass is 79.9. The lowest BCUT2D eigenvalue weighted by molar-refractivity contribution is 0.00463. The standard InChI is InChI=1S/C10H5BrN2O2/c11-7-1-2-9-8(4-7)6(5-13-12)3-10(14)15-9/h1-5H. The summed E-state index contributed by atoms with van der Waals surface area (Å²) >= 11 is 3.31. The predicted octanol–water partition coefficient (Wildman–Crippen LogP) is 2.20. The smallest absolute Gasteiger partial charge is 0.337 e. The molecule has 4 nitrogen and oxygen atoms in total. The second kappa shape index (κ2) is 3.81. The minimum absolute atomic E-state index is 0.459. The van der Waals surface area contributed by atoms with E-state index in [1.165, 1.54) is 12.3 Å². The van der Waals surface area contributed by atoms with E-state index in [-0.39, 0.29) is 0 Å². The average Bonchev–Trinajstić information content (AvgIpc) is 2.19. The van der Waals surface area contributed by atoms with Crippen molar-refractivity contribution in [3.63, 3.8) is 0 Å². The van der Waals surface area contributed by atoms with E-state index in [0.29, 0.717) is 16.5 Å². The summed E-state index contributed by atoms with van der Waals surface area (Å²) < 4.78 is 5.84. The number of nitrogens with zero attached hydrogens (tertiary/aromatic N) is 2. The second-order valence-corrected chi connectivity index (χ2v) is 3.82. The molecule has 0 saturated heterocycles. The summed E-state index contributed by atoms with van der Waals surface area (Å²) in [4.78, 5) is 14.0. The van der Waals surface area contributed by atoms with Gasteiger partial charge in [0, 0.05) is 15.9 Å². The van der Waals surface area contributed by atoms with Crippen molar-refractivity contribution in [2.24, 2.45) is 0 Å².